The number of phenols is 1. The van der Waals surface area contributed by atoms with Crippen molar-refractivity contribution in [1.82, 2.24) is 14.8 Å². The fourth-order valence-corrected chi connectivity index (χ4v) is 5.01. The van der Waals surface area contributed by atoms with Gasteiger partial charge in [-0.25, -0.2) is 0 Å². The second kappa shape index (κ2) is 7.84. The third-order valence-corrected chi connectivity index (χ3v) is 6.59. The van der Waals surface area contributed by atoms with E-state index in [1.807, 2.05) is 17.9 Å². The topological polar surface area (TPSA) is 59.6 Å². The van der Waals surface area contributed by atoms with Gasteiger partial charge in [0, 0.05) is 41.8 Å². The average molecular weight is 434 g/mol. The summed E-state index contributed by atoms with van der Waals surface area (Å²) < 4.78 is 0.681. The van der Waals surface area contributed by atoms with Crippen LogP contribution in [0.5, 0.6) is 5.75 Å². The summed E-state index contributed by atoms with van der Waals surface area (Å²) >= 11 is 3.50. The highest BCUT2D eigenvalue weighted by Crippen LogP contribution is 2.39. The van der Waals surface area contributed by atoms with Gasteiger partial charge in [-0.1, -0.05) is 6.42 Å². The van der Waals surface area contributed by atoms with Gasteiger partial charge in [0.05, 0.1) is 10.0 Å². The Labute approximate surface area is 168 Å². The van der Waals surface area contributed by atoms with E-state index in [9.17, 15) is 9.90 Å². The lowest BCUT2D eigenvalue weighted by atomic mass is 10.0. The lowest BCUT2D eigenvalue weighted by Gasteiger charge is -2.28. The molecule has 0 unspecified atom stereocenters. The molecule has 4 rings (SSSR count). The first-order chi connectivity index (χ1) is 13.1. The van der Waals surface area contributed by atoms with Crippen molar-refractivity contribution in [3.8, 4) is 5.75 Å². The van der Waals surface area contributed by atoms with Gasteiger partial charge in [0.1, 0.15) is 5.75 Å². The summed E-state index contributed by atoms with van der Waals surface area (Å²) in [7, 11) is 0. The number of amides is 1. The number of nitrogens with one attached hydrogen (secondary N) is 1. The number of aromatic amines is 1. The van der Waals surface area contributed by atoms with E-state index < -0.39 is 0 Å². The van der Waals surface area contributed by atoms with Crippen LogP contribution in [0.3, 0.4) is 0 Å². The first-order valence-corrected chi connectivity index (χ1v) is 10.9. The number of aryl methyl sites for hydroxylation is 1. The summed E-state index contributed by atoms with van der Waals surface area (Å²) in [5, 5.41) is 11.7. The van der Waals surface area contributed by atoms with Gasteiger partial charge >= 0.3 is 0 Å². The van der Waals surface area contributed by atoms with Gasteiger partial charge in [0.2, 0.25) is 0 Å². The predicted molar refractivity (Wildman–Crippen MR) is 111 cm³/mol. The number of piperidine rings is 2. The number of hydrogen-bond donors (Lipinski definition) is 2. The zero-order valence-corrected chi connectivity index (χ0v) is 17.6. The Balaban J connectivity index is 1.80. The molecule has 1 aromatic heterocycles. The molecule has 1 aromatic carbocycles. The minimum atomic E-state index is 0.0973. The first kappa shape index (κ1) is 18.8. The lowest BCUT2D eigenvalue weighted by molar-refractivity contribution is 0.0725. The Hall–Kier alpha value is -1.53. The molecular weight excluding hydrogens is 406 g/mol. The van der Waals surface area contributed by atoms with Crippen LogP contribution in [0.2, 0.25) is 0 Å². The van der Waals surface area contributed by atoms with Gasteiger partial charge in [0.25, 0.3) is 5.91 Å². The van der Waals surface area contributed by atoms with Crippen LogP contribution in [0.1, 0.15) is 60.1 Å². The number of nitrogens with zero attached hydrogens (tertiary/aromatic N) is 2. The minimum Gasteiger partial charge on any atom is -0.506 e. The Morgan fingerprint density at radius 2 is 1.74 bits per heavy atom. The first-order valence-electron chi connectivity index (χ1n) is 10.1. The molecule has 0 saturated carbocycles. The van der Waals surface area contributed by atoms with Crippen molar-refractivity contribution in [2.75, 3.05) is 26.2 Å². The van der Waals surface area contributed by atoms with Crippen LogP contribution in [0.25, 0.3) is 10.9 Å². The molecule has 3 heterocycles. The quantitative estimate of drug-likeness (QED) is 0.745. The van der Waals surface area contributed by atoms with E-state index in [0.29, 0.717) is 11.0 Å². The molecule has 1 amide bonds. The van der Waals surface area contributed by atoms with Gasteiger partial charge in [-0.15, -0.1) is 0 Å². The molecule has 6 heteroatoms. The maximum absolute atomic E-state index is 13.3. The van der Waals surface area contributed by atoms with Crippen LogP contribution in [0.15, 0.2) is 10.5 Å². The number of rotatable bonds is 3. The average Bonchev–Trinajstić information content (AvgIpc) is 3.01. The molecular formula is C21H28BrN3O2. The van der Waals surface area contributed by atoms with Crippen molar-refractivity contribution in [3.63, 3.8) is 0 Å². The van der Waals surface area contributed by atoms with E-state index in [-0.39, 0.29) is 11.7 Å². The second-order valence-corrected chi connectivity index (χ2v) is 8.78. The number of benzene rings is 1. The summed E-state index contributed by atoms with van der Waals surface area (Å²) in [4.78, 5) is 21.1. The number of fused-ring (bicyclic) bond motifs is 1. The molecule has 0 aliphatic carbocycles. The van der Waals surface area contributed by atoms with Crippen LogP contribution in [0.4, 0.5) is 0 Å². The number of likely N-dealkylation sites (tertiary alicyclic amines) is 2. The maximum Gasteiger partial charge on any atom is 0.256 e. The number of hydrogen-bond acceptors (Lipinski definition) is 3. The zero-order chi connectivity index (χ0) is 19.0. The van der Waals surface area contributed by atoms with Gasteiger partial charge in [-0.2, -0.15) is 0 Å². The summed E-state index contributed by atoms with van der Waals surface area (Å²) in [5.74, 6) is 0.361. The Morgan fingerprint density at radius 1 is 1.11 bits per heavy atom. The smallest absolute Gasteiger partial charge is 0.256 e. The Morgan fingerprint density at radius 3 is 2.41 bits per heavy atom. The number of carbonyl (C=O) groups excluding carboxylic acids is 1. The number of aromatic nitrogens is 1. The molecule has 2 aliphatic rings. The minimum absolute atomic E-state index is 0.0973. The number of H-pyrrole nitrogens is 1. The molecule has 2 aromatic rings. The van der Waals surface area contributed by atoms with Crippen LogP contribution in [0, 0.1) is 6.92 Å². The third-order valence-electron chi connectivity index (χ3n) is 5.99. The molecule has 0 spiro atoms. The van der Waals surface area contributed by atoms with Crippen molar-refractivity contribution in [1.29, 1.82) is 0 Å². The molecule has 2 aliphatic heterocycles. The van der Waals surface area contributed by atoms with E-state index >= 15 is 0 Å². The molecule has 0 bridgehead atoms. The monoisotopic (exact) mass is 433 g/mol. The van der Waals surface area contributed by atoms with Crippen molar-refractivity contribution in [3.05, 3.63) is 27.4 Å². The molecule has 0 radical (unpaired) electrons. The van der Waals surface area contributed by atoms with Gasteiger partial charge in [0.15, 0.2) is 0 Å². The fourth-order valence-electron chi connectivity index (χ4n) is 4.55. The number of carbonyl (C=O) groups is 1. The fraction of sp³-hybridized carbons (Fsp3) is 0.571. The number of halogens is 1. The van der Waals surface area contributed by atoms with Crippen molar-refractivity contribution >= 4 is 32.7 Å². The van der Waals surface area contributed by atoms with Crippen LogP contribution in [-0.2, 0) is 6.54 Å². The van der Waals surface area contributed by atoms with Crippen LogP contribution >= 0.6 is 15.9 Å². The summed E-state index contributed by atoms with van der Waals surface area (Å²) in [6.07, 6.45) is 7.02. The molecule has 2 N–H and O–H groups in total. The molecule has 146 valence electrons. The van der Waals surface area contributed by atoms with Crippen molar-refractivity contribution in [2.45, 2.75) is 52.0 Å². The lowest BCUT2D eigenvalue weighted by Crippen LogP contribution is -2.36. The molecule has 5 nitrogen and oxygen atoms in total. The van der Waals surface area contributed by atoms with E-state index in [2.05, 4.69) is 25.8 Å². The zero-order valence-electron chi connectivity index (χ0n) is 16.0. The highest BCUT2D eigenvalue weighted by atomic mass is 79.9. The molecule has 2 saturated heterocycles. The summed E-state index contributed by atoms with van der Waals surface area (Å²) in [6.45, 7) is 6.40. The maximum atomic E-state index is 13.3. The molecule has 2 fully saturated rings. The highest BCUT2D eigenvalue weighted by Gasteiger charge is 2.27. The highest BCUT2D eigenvalue weighted by molar-refractivity contribution is 9.10. The van der Waals surface area contributed by atoms with Crippen LogP contribution in [-0.4, -0.2) is 52.0 Å². The van der Waals surface area contributed by atoms with E-state index in [1.165, 1.54) is 25.7 Å². The van der Waals surface area contributed by atoms with Gasteiger partial charge < -0.3 is 15.0 Å². The summed E-state index contributed by atoms with van der Waals surface area (Å²) in [6, 6.07) is 1.89. The largest absolute Gasteiger partial charge is 0.506 e. The predicted octanol–water partition coefficient (Wildman–Crippen LogP) is 4.56. The van der Waals surface area contributed by atoms with Gasteiger partial charge in [-0.05, 0) is 74.1 Å². The molecule has 27 heavy (non-hydrogen) atoms. The summed E-state index contributed by atoms with van der Waals surface area (Å²) in [5.41, 5.74) is 3.41. The van der Waals surface area contributed by atoms with E-state index in [0.717, 1.165) is 66.7 Å². The standard InChI is InChI=1S/C21H28BrN3O2/c1-14-18(21(27)25-10-6-3-7-11-25)19-15(13-24-8-4-2-5-9-24)20(26)16(22)12-17(19)23-14/h12,23,26H,2-11,13H2,1H3. The third kappa shape index (κ3) is 3.61. The Bertz CT molecular complexity index is 849. The number of aromatic hydroxyl groups is 1. The van der Waals surface area contributed by atoms with Crippen LogP contribution < -0.4 is 0 Å². The Kier molecular flexibility index (Phi) is 5.46. The van der Waals surface area contributed by atoms with Crippen molar-refractivity contribution < 1.29 is 9.90 Å². The molecule has 0 atom stereocenters. The van der Waals surface area contributed by atoms with E-state index in [4.69, 9.17) is 0 Å². The normalized spacial score (nSPS) is 19.0. The van der Waals surface area contributed by atoms with Crippen molar-refractivity contribution in [2.24, 2.45) is 0 Å². The van der Waals surface area contributed by atoms with Gasteiger partial charge in [-0.3, -0.25) is 9.69 Å². The van der Waals surface area contributed by atoms with E-state index in [1.54, 1.807) is 0 Å². The second-order valence-electron chi connectivity index (χ2n) is 7.92. The SMILES string of the molecule is Cc1[nH]c2cc(Br)c(O)c(CN3CCCCC3)c2c1C(=O)N1CCCCC1. The number of phenolic OH excluding ortho intramolecular Hbond substituents is 1.